The molecular weight excluding hydrogens is 214 g/mol. The number of hydrogen-bond donors (Lipinski definition) is 0. The molecule has 1 heterocycles. The average Bonchev–Trinajstić information content (AvgIpc) is 2.22. The summed E-state index contributed by atoms with van der Waals surface area (Å²) < 4.78 is 9.61. The van der Waals surface area contributed by atoms with Gasteiger partial charge in [-0.05, 0) is 0 Å². The summed E-state index contributed by atoms with van der Waals surface area (Å²) in [5.74, 6) is -0.726. The maximum absolute atomic E-state index is 11.4. The van der Waals surface area contributed by atoms with Gasteiger partial charge in [-0.25, -0.2) is 0 Å². The zero-order valence-corrected chi connectivity index (χ0v) is 9.39. The van der Waals surface area contributed by atoms with E-state index in [1.165, 1.54) is 18.9 Å². The number of β-lactam (4-membered cyclic amide) rings is 1. The van der Waals surface area contributed by atoms with Crippen LogP contribution in [-0.2, 0) is 23.9 Å². The van der Waals surface area contributed by atoms with E-state index < -0.39 is 12.2 Å². The van der Waals surface area contributed by atoms with Crippen LogP contribution in [-0.4, -0.2) is 49.0 Å². The molecule has 0 aromatic heterocycles. The van der Waals surface area contributed by atoms with Gasteiger partial charge >= 0.3 is 5.97 Å². The number of carbonyl (C=O) groups is 3. The Morgan fingerprint density at radius 3 is 2.69 bits per heavy atom. The number of amides is 1. The maximum atomic E-state index is 11.4. The summed E-state index contributed by atoms with van der Waals surface area (Å²) >= 11 is 0. The van der Waals surface area contributed by atoms with Crippen molar-refractivity contribution in [2.75, 3.05) is 20.3 Å². The summed E-state index contributed by atoms with van der Waals surface area (Å²) in [5.41, 5.74) is 0. The van der Waals surface area contributed by atoms with E-state index in [1.807, 2.05) is 0 Å². The number of hydrogen-bond acceptors (Lipinski definition) is 5. The molecule has 0 radical (unpaired) electrons. The molecule has 0 saturated carbocycles. The minimum Gasteiger partial charge on any atom is -0.441 e. The molecule has 16 heavy (non-hydrogen) atoms. The number of Topliss-reactive ketones (excluding diaryl/α,β-unsaturated/α-hetero) is 1. The van der Waals surface area contributed by atoms with Crippen molar-refractivity contribution in [1.82, 2.24) is 4.90 Å². The first kappa shape index (κ1) is 12.6. The van der Waals surface area contributed by atoms with Crippen LogP contribution in [0.5, 0.6) is 0 Å². The lowest BCUT2D eigenvalue weighted by molar-refractivity contribution is -0.183. The molecule has 0 unspecified atom stereocenters. The van der Waals surface area contributed by atoms with Gasteiger partial charge in [0.15, 0.2) is 12.0 Å². The lowest BCUT2D eigenvalue weighted by Crippen LogP contribution is -2.56. The fourth-order valence-electron chi connectivity index (χ4n) is 1.40. The Bertz CT molecular complexity index is 302. The molecule has 1 atom stereocenters. The summed E-state index contributed by atoms with van der Waals surface area (Å²) in [7, 11) is 1.50. The van der Waals surface area contributed by atoms with E-state index in [0.29, 0.717) is 6.61 Å². The highest BCUT2D eigenvalue weighted by molar-refractivity contribution is 5.90. The molecule has 1 amide bonds. The second-order valence-electron chi connectivity index (χ2n) is 3.57. The molecule has 90 valence electrons. The monoisotopic (exact) mass is 229 g/mol. The number of ketones is 1. The predicted octanol–water partition coefficient (Wildman–Crippen LogP) is -0.287. The highest BCUT2D eigenvalue weighted by atomic mass is 16.6. The Kier molecular flexibility index (Phi) is 4.42. The number of nitrogens with zero attached hydrogens (tertiary/aromatic N) is 1. The Labute approximate surface area is 93.5 Å². The zero-order valence-electron chi connectivity index (χ0n) is 9.39. The Hall–Kier alpha value is -1.43. The van der Waals surface area contributed by atoms with Crippen LogP contribution in [0.15, 0.2) is 0 Å². The number of ether oxygens (including phenoxy) is 2. The quantitative estimate of drug-likeness (QED) is 0.462. The van der Waals surface area contributed by atoms with Crippen molar-refractivity contribution in [3.63, 3.8) is 0 Å². The Balaban J connectivity index is 2.36. The fraction of sp³-hybridized carbons (Fsp3) is 0.700. The number of likely N-dealkylation sites (tertiary alicyclic amines) is 1. The molecule has 1 aliphatic rings. The van der Waals surface area contributed by atoms with Crippen LogP contribution >= 0.6 is 0 Å². The van der Waals surface area contributed by atoms with Crippen molar-refractivity contribution in [3.8, 4) is 0 Å². The molecule has 6 nitrogen and oxygen atoms in total. The van der Waals surface area contributed by atoms with Gasteiger partial charge in [-0.2, -0.15) is 0 Å². The highest BCUT2D eigenvalue weighted by Crippen LogP contribution is 2.20. The lowest BCUT2D eigenvalue weighted by Gasteiger charge is -2.38. The van der Waals surface area contributed by atoms with E-state index in [1.54, 1.807) is 0 Å². The predicted molar refractivity (Wildman–Crippen MR) is 53.4 cm³/mol. The molecular formula is C10H15NO5. The van der Waals surface area contributed by atoms with Gasteiger partial charge < -0.3 is 9.47 Å². The topological polar surface area (TPSA) is 72.9 Å². The van der Waals surface area contributed by atoms with Gasteiger partial charge in [0.2, 0.25) is 5.91 Å². The van der Waals surface area contributed by atoms with Gasteiger partial charge in [0.25, 0.3) is 0 Å². The van der Waals surface area contributed by atoms with E-state index >= 15 is 0 Å². The number of rotatable bonds is 6. The molecule has 0 aromatic carbocycles. The van der Waals surface area contributed by atoms with E-state index in [0.717, 1.165) is 0 Å². The Morgan fingerprint density at radius 2 is 2.19 bits per heavy atom. The third kappa shape index (κ3) is 3.30. The van der Waals surface area contributed by atoms with Gasteiger partial charge in [0, 0.05) is 20.5 Å². The van der Waals surface area contributed by atoms with Crippen molar-refractivity contribution in [1.29, 1.82) is 0 Å². The van der Waals surface area contributed by atoms with Gasteiger partial charge in [0.05, 0.1) is 19.6 Å². The molecule has 6 heteroatoms. The first-order chi connectivity index (χ1) is 7.54. The third-order valence-electron chi connectivity index (χ3n) is 2.25. The molecule has 0 aromatic rings. The third-order valence-corrected chi connectivity index (χ3v) is 2.25. The highest BCUT2D eigenvalue weighted by Gasteiger charge is 2.39. The standard InChI is InChI=1S/C10H15NO5/c1-7(12)16-10-5-9(14)11(10)6-8(13)3-4-15-2/h10H,3-6H2,1-2H3/t10-/m1/s1. The van der Waals surface area contributed by atoms with Crippen molar-refractivity contribution >= 4 is 17.7 Å². The van der Waals surface area contributed by atoms with Crippen molar-refractivity contribution in [2.45, 2.75) is 26.0 Å². The number of methoxy groups -OCH3 is 1. The SMILES string of the molecule is COCCC(=O)CN1C(=O)C[C@H]1OC(C)=O. The van der Waals surface area contributed by atoms with Gasteiger partial charge in [-0.1, -0.05) is 0 Å². The molecule has 0 spiro atoms. The second kappa shape index (κ2) is 5.60. The lowest BCUT2D eigenvalue weighted by atomic mass is 10.1. The summed E-state index contributed by atoms with van der Waals surface area (Å²) in [5, 5.41) is 0. The molecule has 0 bridgehead atoms. The van der Waals surface area contributed by atoms with E-state index in [2.05, 4.69) is 0 Å². The summed E-state index contributed by atoms with van der Waals surface area (Å²) in [4.78, 5) is 34.5. The summed E-state index contributed by atoms with van der Waals surface area (Å²) in [6.45, 7) is 1.59. The molecule has 1 fully saturated rings. The van der Waals surface area contributed by atoms with Crippen LogP contribution in [0, 0.1) is 0 Å². The number of carbonyl (C=O) groups excluding carboxylic acids is 3. The molecule has 1 saturated heterocycles. The van der Waals surface area contributed by atoms with Crippen molar-refractivity contribution < 1.29 is 23.9 Å². The second-order valence-corrected chi connectivity index (χ2v) is 3.57. The normalized spacial score (nSPS) is 19.2. The summed E-state index contributed by atoms with van der Waals surface area (Å²) in [6.07, 6.45) is -0.152. The number of esters is 1. The van der Waals surface area contributed by atoms with Crippen molar-refractivity contribution in [3.05, 3.63) is 0 Å². The molecule has 0 aliphatic carbocycles. The van der Waals surface area contributed by atoms with Gasteiger partial charge in [-0.15, -0.1) is 0 Å². The zero-order chi connectivity index (χ0) is 12.1. The Morgan fingerprint density at radius 1 is 1.50 bits per heavy atom. The largest absolute Gasteiger partial charge is 0.441 e. The van der Waals surface area contributed by atoms with Gasteiger partial charge in [-0.3, -0.25) is 19.3 Å². The van der Waals surface area contributed by atoms with E-state index in [4.69, 9.17) is 9.47 Å². The van der Waals surface area contributed by atoms with Crippen LogP contribution < -0.4 is 0 Å². The molecule has 1 aliphatic heterocycles. The van der Waals surface area contributed by atoms with Crippen LogP contribution in [0.3, 0.4) is 0 Å². The van der Waals surface area contributed by atoms with Crippen molar-refractivity contribution in [2.24, 2.45) is 0 Å². The summed E-state index contributed by atoms with van der Waals surface area (Å²) in [6, 6.07) is 0. The van der Waals surface area contributed by atoms with E-state index in [9.17, 15) is 14.4 Å². The minimum absolute atomic E-state index is 0.0137. The smallest absolute Gasteiger partial charge is 0.304 e. The minimum atomic E-state index is -0.573. The molecule has 1 rings (SSSR count). The first-order valence-electron chi connectivity index (χ1n) is 5.02. The van der Waals surface area contributed by atoms with E-state index in [-0.39, 0.29) is 31.1 Å². The maximum Gasteiger partial charge on any atom is 0.304 e. The van der Waals surface area contributed by atoms with Crippen LogP contribution in [0.25, 0.3) is 0 Å². The molecule has 0 N–H and O–H groups in total. The van der Waals surface area contributed by atoms with Crippen LogP contribution in [0.1, 0.15) is 19.8 Å². The first-order valence-corrected chi connectivity index (χ1v) is 5.02. The fourth-order valence-corrected chi connectivity index (χ4v) is 1.40. The van der Waals surface area contributed by atoms with Crippen LogP contribution in [0.2, 0.25) is 0 Å². The van der Waals surface area contributed by atoms with Gasteiger partial charge in [0.1, 0.15) is 0 Å². The average molecular weight is 229 g/mol. The van der Waals surface area contributed by atoms with Crippen LogP contribution in [0.4, 0.5) is 0 Å².